The first-order chi connectivity index (χ1) is 9.92. The number of aryl methyl sites for hydroxylation is 1. The van der Waals surface area contributed by atoms with Gasteiger partial charge in [0.25, 0.3) is 0 Å². The van der Waals surface area contributed by atoms with Gasteiger partial charge in [0.15, 0.2) is 0 Å². The molecule has 0 aliphatic heterocycles. The molecule has 1 heterocycles. The Morgan fingerprint density at radius 2 is 2.10 bits per heavy atom. The monoisotopic (exact) mass is 357 g/mol. The molecule has 0 bridgehead atoms. The molecule has 4 nitrogen and oxygen atoms in total. The van der Waals surface area contributed by atoms with Crippen LogP contribution in [-0.4, -0.2) is 39.4 Å². The largest absolute Gasteiger partial charge is 0.385 e. The second-order valence-corrected chi connectivity index (χ2v) is 7.54. The second-order valence-electron chi connectivity index (χ2n) is 6.68. The van der Waals surface area contributed by atoms with E-state index in [1.807, 2.05) is 10.9 Å². The van der Waals surface area contributed by atoms with Crippen molar-refractivity contribution in [1.82, 2.24) is 14.7 Å². The number of aromatic nitrogens is 2. The van der Waals surface area contributed by atoms with Gasteiger partial charge in [0, 0.05) is 6.54 Å². The van der Waals surface area contributed by atoms with Crippen LogP contribution in [0.5, 0.6) is 0 Å². The average Bonchev–Trinajstić information content (AvgIpc) is 2.80. The molecule has 1 N–H and O–H groups in total. The number of aliphatic hydroxyl groups excluding tert-OH is 1. The minimum absolute atomic E-state index is 0.180. The topological polar surface area (TPSA) is 41.3 Å². The van der Waals surface area contributed by atoms with Gasteiger partial charge >= 0.3 is 0 Å². The van der Waals surface area contributed by atoms with Gasteiger partial charge in [0.05, 0.1) is 21.9 Å². The molecule has 1 aliphatic carbocycles. The molecule has 1 atom stereocenters. The molecule has 1 unspecified atom stereocenters. The van der Waals surface area contributed by atoms with Crippen LogP contribution in [0.2, 0.25) is 0 Å². The minimum atomic E-state index is -0.511. The molecule has 1 saturated carbocycles. The summed E-state index contributed by atoms with van der Waals surface area (Å²) in [5.74, 6) is 0.759. The van der Waals surface area contributed by atoms with Crippen LogP contribution < -0.4 is 0 Å². The van der Waals surface area contributed by atoms with E-state index < -0.39 is 6.10 Å². The highest BCUT2D eigenvalue weighted by Gasteiger charge is 2.45. The van der Waals surface area contributed by atoms with Crippen molar-refractivity contribution < 1.29 is 5.11 Å². The Bertz CT molecular complexity index is 464. The van der Waals surface area contributed by atoms with E-state index in [1.165, 1.54) is 12.8 Å². The Labute approximate surface area is 136 Å². The van der Waals surface area contributed by atoms with Crippen LogP contribution in [-0.2, 0) is 6.54 Å². The Hall–Kier alpha value is -0.390. The quantitative estimate of drug-likeness (QED) is 0.875. The lowest BCUT2D eigenvalue weighted by Crippen LogP contribution is -2.52. The fourth-order valence-electron chi connectivity index (χ4n) is 3.52. The van der Waals surface area contributed by atoms with Crippen molar-refractivity contribution in [3.05, 3.63) is 16.4 Å². The minimum Gasteiger partial charge on any atom is -0.385 e. The molecule has 2 rings (SSSR count). The number of likely N-dealkylation sites (N-methyl/N-ethyl adjacent to an activating group) is 1. The highest BCUT2D eigenvalue weighted by atomic mass is 79.9. The molecule has 1 aliphatic rings. The van der Waals surface area contributed by atoms with Crippen LogP contribution in [0, 0.1) is 5.92 Å². The third kappa shape index (κ3) is 3.20. The number of aliphatic hydroxyl groups is 1. The van der Waals surface area contributed by atoms with Crippen LogP contribution in [0.3, 0.4) is 0 Å². The number of hydrogen-bond acceptors (Lipinski definition) is 3. The summed E-state index contributed by atoms with van der Waals surface area (Å²) in [5, 5.41) is 15.6. The highest BCUT2D eigenvalue weighted by molar-refractivity contribution is 9.10. The average molecular weight is 358 g/mol. The lowest BCUT2D eigenvalue weighted by molar-refractivity contribution is -0.0453. The molecule has 21 heavy (non-hydrogen) atoms. The van der Waals surface area contributed by atoms with E-state index in [0.29, 0.717) is 0 Å². The molecular formula is C16H28BrN3O. The predicted molar refractivity (Wildman–Crippen MR) is 89.2 cm³/mol. The SMILES string of the molecule is CCCn1ncc(Br)c1C(O)C1(N(C)C)CCC(C)CC1. The predicted octanol–water partition coefficient (Wildman–Crippen LogP) is 3.60. The Balaban J connectivity index is 2.35. The Kier molecular flexibility index (Phi) is 5.49. The van der Waals surface area contributed by atoms with Crippen LogP contribution in [0.4, 0.5) is 0 Å². The maximum atomic E-state index is 11.2. The lowest BCUT2D eigenvalue weighted by Gasteiger charge is -2.47. The van der Waals surface area contributed by atoms with Crippen molar-refractivity contribution >= 4 is 15.9 Å². The van der Waals surface area contributed by atoms with Crippen molar-refractivity contribution in [3.8, 4) is 0 Å². The van der Waals surface area contributed by atoms with Crippen LogP contribution in [0.1, 0.15) is 57.7 Å². The summed E-state index contributed by atoms with van der Waals surface area (Å²) in [6, 6.07) is 0. The maximum Gasteiger partial charge on any atom is 0.115 e. The summed E-state index contributed by atoms with van der Waals surface area (Å²) < 4.78 is 2.88. The molecule has 1 aromatic heterocycles. The smallest absolute Gasteiger partial charge is 0.115 e. The fraction of sp³-hybridized carbons (Fsp3) is 0.812. The van der Waals surface area contributed by atoms with Gasteiger partial charge in [0.1, 0.15) is 6.10 Å². The second kappa shape index (κ2) is 6.80. The van der Waals surface area contributed by atoms with Gasteiger partial charge in [-0.25, -0.2) is 0 Å². The zero-order valence-electron chi connectivity index (χ0n) is 13.6. The summed E-state index contributed by atoms with van der Waals surface area (Å²) in [6.45, 7) is 5.29. The molecule has 0 saturated heterocycles. The van der Waals surface area contributed by atoms with Crippen LogP contribution >= 0.6 is 15.9 Å². The van der Waals surface area contributed by atoms with E-state index >= 15 is 0 Å². The van der Waals surface area contributed by atoms with Gasteiger partial charge in [-0.2, -0.15) is 5.10 Å². The molecule has 1 fully saturated rings. The Morgan fingerprint density at radius 1 is 1.48 bits per heavy atom. The van der Waals surface area contributed by atoms with E-state index in [4.69, 9.17) is 0 Å². The molecule has 0 spiro atoms. The third-order valence-corrected chi connectivity index (χ3v) is 5.68. The van der Waals surface area contributed by atoms with Gasteiger partial charge in [-0.05, 0) is 68.0 Å². The van der Waals surface area contributed by atoms with Crippen molar-refractivity contribution in [2.45, 2.75) is 64.1 Å². The summed E-state index contributed by atoms with van der Waals surface area (Å²) >= 11 is 3.58. The van der Waals surface area contributed by atoms with Crippen LogP contribution in [0.25, 0.3) is 0 Å². The zero-order chi connectivity index (χ0) is 15.6. The third-order valence-electron chi connectivity index (χ3n) is 5.07. The summed E-state index contributed by atoms with van der Waals surface area (Å²) in [7, 11) is 4.18. The van der Waals surface area contributed by atoms with E-state index in [-0.39, 0.29) is 5.54 Å². The lowest BCUT2D eigenvalue weighted by atomic mass is 9.72. The van der Waals surface area contributed by atoms with Gasteiger partial charge in [-0.15, -0.1) is 0 Å². The van der Waals surface area contributed by atoms with Crippen molar-refractivity contribution in [1.29, 1.82) is 0 Å². The molecule has 1 aromatic rings. The molecule has 0 radical (unpaired) electrons. The number of nitrogens with zero attached hydrogens (tertiary/aromatic N) is 3. The summed E-state index contributed by atoms with van der Waals surface area (Å²) in [6.07, 6.45) is 6.73. The normalized spacial score (nSPS) is 28.0. The van der Waals surface area contributed by atoms with E-state index in [2.05, 4.69) is 53.9 Å². The fourth-order valence-corrected chi connectivity index (χ4v) is 4.03. The Morgan fingerprint density at radius 3 is 2.62 bits per heavy atom. The van der Waals surface area contributed by atoms with Gasteiger partial charge in [-0.3, -0.25) is 4.68 Å². The summed E-state index contributed by atoms with van der Waals surface area (Å²) in [5.41, 5.74) is 0.751. The molecule has 0 amide bonds. The maximum absolute atomic E-state index is 11.2. The van der Waals surface area contributed by atoms with E-state index in [9.17, 15) is 5.11 Å². The van der Waals surface area contributed by atoms with Gasteiger partial charge in [-0.1, -0.05) is 13.8 Å². The number of rotatable bonds is 5. The molecule has 0 aromatic carbocycles. The van der Waals surface area contributed by atoms with Gasteiger partial charge in [0.2, 0.25) is 0 Å². The standard InChI is InChI=1S/C16H28BrN3O/c1-5-10-20-14(13(17)11-18-20)15(21)16(19(3)4)8-6-12(2)7-9-16/h11-12,15,21H,5-10H2,1-4H3. The van der Waals surface area contributed by atoms with Gasteiger partial charge < -0.3 is 10.0 Å². The van der Waals surface area contributed by atoms with Crippen LogP contribution in [0.15, 0.2) is 10.7 Å². The first kappa shape index (κ1) is 17.0. The van der Waals surface area contributed by atoms with E-state index in [0.717, 1.165) is 41.9 Å². The first-order valence-electron chi connectivity index (χ1n) is 7.99. The molecule has 120 valence electrons. The number of halogens is 1. The van der Waals surface area contributed by atoms with Crippen molar-refractivity contribution in [2.75, 3.05) is 14.1 Å². The first-order valence-corrected chi connectivity index (χ1v) is 8.78. The van der Waals surface area contributed by atoms with Crippen molar-refractivity contribution in [2.24, 2.45) is 5.92 Å². The molecule has 5 heteroatoms. The number of hydrogen-bond donors (Lipinski definition) is 1. The highest BCUT2D eigenvalue weighted by Crippen LogP contribution is 2.45. The zero-order valence-corrected chi connectivity index (χ0v) is 15.2. The molecular weight excluding hydrogens is 330 g/mol. The summed E-state index contributed by atoms with van der Waals surface area (Å²) in [4.78, 5) is 2.22. The van der Waals surface area contributed by atoms with E-state index in [1.54, 1.807) is 0 Å². The van der Waals surface area contributed by atoms with Crippen molar-refractivity contribution in [3.63, 3.8) is 0 Å².